The van der Waals surface area contributed by atoms with Crippen molar-refractivity contribution in [2.24, 2.45) is 0 Å². The van der Waals surface area contributed by atoms with Gasteiger partial charge in [-0.25, -0.2) is 0 Å². The van der Waals surface area contributed by atoms with E-state index in [9.17, 15) is 13.6 Å². The molecule has 2 aromatic rings. The summed E-state index contributed by atoms with van der Waals surface area (Å²) in [7, 11) is 0. The molecule has 1 aliphatic rings. The van der Waals surface area contributed by atoms with Crippen molar-refractivity contribution in [3.63, 3.8) is 0 Å². The van der Waals surface area contributed by atoms with Crippen LogP contribution in [0.1, 0.15) is 21.8 Å². The number of aryl methyl sites for hydroxylation is 1. The standard InChI is InChI=1S/C17H18BrF2N3O3/c1-11-8-15(26-21-11)16(24)23-6-4-22(5-7-23)10-12-9-13(18)2-3-14(12)25-17(19)20/h2-3,8-9,17H,4-7,10H2,1H3. The van der Waals surface area contributed by atoms with Gasteiger partial charge in [-0.2, -0.15) is 8.78 Å². The lowest BCUT2D eigenvalue weighted by molar-refractivity contribution is -0.0509. The van der Waals surface area contributed by atoms with E-state index < -0.39 is 6.61 Å². The number of carbonyl (C=O) groups excluding carboxylic acids is 1. The summed E-state index contributed by atoms with van der Waals surface area (Å²) in [6, 6.07) is 6.57. The fourth-order valence-electron chi connectivity index (χ4n) is 2.85. The molecule has 0 spiro atoms. The highest BCUT2D eigenvalue weighted by atomic mass is 79.9. The van der Waals surface area contributed by atoms with Crippen molar-refractivity contribution < 1.29 is 22.8 Å². The van der Waals surface area contributed by atoms with E-state index in [-0.39, 0.29) is 17.4 Å². The molecule has 0 radical (unpaired) electrons. The highest BCUT2D eigenvalue weighted by Gasteiger charge is 2.25. The number of piperazine rings is 1. The Bertz CT molecular complexity index is 776. The van der Waals surface area contributed by atoms with Gasteiger partial charge in [0.1, 0.15) is 5.75 Å². The van der Waals surface area contributed by atoms with Crippen LogP contribution in [0.4, 0.5) is 8.78 Å². The fourth-order valence-corrected chi connectivity index (χ4v) is 3.26. The Kier molecular flexibility index (Phi) is 5.87. The number of carbonyl (C=O) groups is 1. The molecule has 1 amide bonds. The zero-order chi connectivity index (χ0) is 18.7. The highest BCUT2D eigenvalue weighted by molar-refractivity contribution is 9.10. The Balaban J connectivity index is 1.60. The SMILES string of the molecule is Cc1cc(C(=O)N2CCN(Cc3cc(Br)ccc3OC(F)F)CC2)on1. The average molecular weight is 430 g/mol. The number of rotatable bonds is 5. The van der Waals surface area contributed by atoms with Crippen molar-refractivity contribution in [1.82, 2.24) is 15.0 Å². The van der Waals surface area contributed by atoms with E-state index in [4.69, 9.17) is 4.52 Å². The first-order valence-electron chi connectivity index (χ1n) is 8.10. The largest absolute Gasteiger partial charge is 0.434 e. The number of aromatic nitrogens is 1. The molecule has 0 N–H and O–H groups in total. The summed E-state index contributed by atoms with van der Waals surface area (Å²) >= 11 is 3.35. The molecule has 3 rings (SSSR count). The average Bonchev–Trinajstić information content (AvgIpc) is 3.03. The smallest absolute Gasteiger partial charge is 0.387 e. The molecule has 26 heavy (non-hydrogen) atoms. The van der Waals surface area contributed by atoms with Gasteiger partial charge in [0.25, 0.3) is 5.91 Å². The van der Waals surface area contributed by atoms with Gasteiger partial charge >= 0.3 is 6.61 Å². The third-order valence-electron chi connectivity index (χ3n) is 4.13. The Morgan fingerprint density at radius 1 is 1.31 bits per heavy atom. The molecular weight excluding hydrogens is 412 g/mol. The van der Waals surface area contributed by atoms with Gasteiger partial charge < -0.3 is 14.2 Å². The second-order valence-corrected chi connectivity index (χ2v) is 6.95. The van der Waals surface area contributed by atoms with E-state index in [1.807, 2.05) is 0 Å². The molecule has 0 bridgehead atoms. The lowest BCUT2D eigenvalue weighted by Crippen LogP contribution is -2.48. The zero-order valence-electron chi connectivity index (χ0n) is 14.1. The van der Waals surface area contributed by atoms with Crippen molar-refractivity contribution >= 4 is 21.8 Å². The van der Waals surface area contributed by atoms with Gasteiger partial charge in [0.05, 0.1) is 5.69 Å². The van der Waals surface area contributed by atoms with Crippen LogP contribution in [0.25, 0.3) is 0 Å². The van der Waals surface area contributed by atoms with Crippen molar-refractivity contribution in [1.29, 1.82) is 0 Å². The Hall–Kier alpha value is -2.00. The summed E-state index contributed by atoms with van der Waals surface area (Å²) in [5.41, 5.74) is 1.33. The molecule has 1 saturated heterocycles. The van der Waals surface area contributed by atoms with Crippen LogP contribution in [0.15, 0.2) is 33.3 Å². The Morgan fingerprint density at radius 3 is 2.65 bits per heavy atom. The van der Waals surface area contributed by atoms with Crippen molar-refractivity contribution in [3.8, 4) is 5.75 Å². The van der Waals surface area contributed by atoms with Crippen LogP contribution in [-0.2, 0) is 6.54 Å². The predicted molar refractivity (Wildman–Crippen MR) is 93.2 cm³/mol. The first-order chi connectivity index (χ1) is 12.4. The minimum absolute atomic E-state index is 0.166. The molecule has 0 saturated carbocycles. The van der Waals surface area contributed by atoms with Crippen LogP contribution in [0, 0.1) is 6.92 Å². The second-order valence-electron chi connectivity index (χ2n) is 6.03. The third-order valence-corrected chi connectivity index (χ3v) is 4.62. The van der Waals surface area contributed by atoms with Gasteiger partial charge in [0.2, 0.25) is 5.76 Å². The van der Waals surface area contributed by atoms with E-state index in [0.717, 1.165) is 4.47 Å². The van der Waals surface area contributed by atoms with Crippen LogP contribution >= 0.6 is 15.9 Å². The number of hydrogen-bond donors (Lipinski definition) is 0. The van der Waals surface area contributed by atoms with Crippen LogP contribution in [0.2, 0.25) is 0 Å². The highest BCUT2D eigenvalue weighted by Crippen LogP contribution is 2.26. The van der Waals surface area contributed by atoms with E-state index in [1.54, 1.807) is 30.0 Å². The monoisotopic (exact) mass is 429 g/mol. The number of amides is 1. The summed E-state index contributed by atoms with van der Waals surface area (Å²) in [6.45, 7) is 1.66. The van der Waals surface area contributed by atoms with Crippen molar-refractivity contribution in [2.75, 3.05) is 26.2 Å². The normalized spacial score (nSPS) is 15.5. The lowest BCUT2D eigenvalue weighted by Gasteiger charge is -2.34. The molecular formula is C17H18BrF2N3O3. The van der Waals surface area contributed by atoms with Gasteiger partial charge in [0.15, 0.2) is 0 Å². The number of alkyl halides is 2. The molecule has 1 aromatic heterocycles. The van der Waals surface area contributed by atoms with Gasteiger partial charge in [-0.1, -0.05) is 21.1 Å². The number of benzene rings is 1. The van der Waals surface area contributed by atoms with Gasteiger partial charge in [-0.15, -0.1) is 0 Å². The predicted octanol–water partition coefficient (Wildman–Crippen LogP) is 3.30. The Labute approximate surface area is 157 Å². The third kappa shape index (κ3) is 4.59. The fraction of sp³-hybridized carbons (Fsp3) is 0.412. The number of hydrogen-bond acceptors (Lipinski definition) is 5. The molecule has 2 heterocycles. The summed E-state index contributed by atoms with van der Waals surface area (Å²) in [4.78, 5) is 16.2. The molecule has 1 aliphatic heterocycles. The Morgan fingerprint density at radius 2 is 2.04 bits per heavy atom. The summed E-state index contributed by atoms with van der Waals surface area (Å²) in [5.74, 6) is 0.212. The molecule has 140 valence electrons. The molecule has 0 unspecified atom stereocenters. The maximum absolute atomic E-state index is 12.6. The van der Waals surface area contributed by atoms with E-state index in [1.165, 1.54) is 6.07 Å². The number of ether oxygens (including phenoxy) is 1. The van der Waals surface area contributed by atoms with Crippen molar-refractivity contribution in [3.05, 3.63) is 45.8 Å². The van der Waals surface area contributed by atoms with E-state index >= 15 is 0 Å². The van der Waals surface area contributed by atoms with Gasteiger partial charge in [-0.05, 0) is 25.1 Å². The summed E-state index contributed by atoms with van der Waals surface area (Å²) in [5, 5.41) is 3.73. The molecule has 0 aliphatic carbocycles. The molecule has 0 atom stereocenters. The molecule has 1 fully saturated rings. The maximum atomic E-state index is 12.6. The topological polar surface area (TPSA) is 58.8 Å². The van der Waals surface area contributed by atoms with Crippen LogP contribution in [0.3, 0.4) is 0 Å². The van der Waals surface area contributed by atoms with Crippen LogP contribution in [-0.4, -0.2) is 53.7 Å². The van der Waals surface area contributed by atoms with Gasteiger partial charge in [-0.3, -0.25) is 9.69 Å². The lowest BCUT2D eigenvalue weighted by atomic mass is 10.1. The molecule has 9 heteroatoms. The summed E-state index contributed by atoms with van der Waals surface area (Å²) < 4.78 is 35.6. The van der Waals surface area contributed by atoms with Gasteiger partial charge in [0, 0.05) is 48.8 Å². The maximum Gasteiger partial charge on any atom is 0.387 e. The van der Waals surface area contributed by atoms with Crippen molar-refractivity contribution in [2.45, 2.75) is 20.1 Å². The van der Waals surface area contributed by atoms with E-state index in [2.05, 4.69) is 30.7 Å². The first kappa shape index (κ1) is 18.8. The van der Waals surface area contributed by atoms with Crippen LogP contribution in [0.5, 0.6) is 5.75 Å². The second kappa shape index (κ2) is 8.13. The van der Waals surface area contributed by atoms with Crippen LogP contribution < -0.4 is 4.74 Å². The zero-order valence-corrected chi connectivity index (χ0v) is 15.7. The number of nitrogens with zero attached hydrogens (tertiary/aromatic N) is 3. The molecule has 1 aromatic carbocycles. The quantitative estimate of drug-likeness (QED) is 0.729. The van der Waals surface area contributed by atoms with E-state index in [0.29, 0.717) is 44.0 Å². The first-order valence-corrected chi connectivity index (χ1v) is 8.90. The molecule has 6 nitrogen and oxygen atoms in total. The minimum atomic E-state index is -2.87. The summed E-state index contributed by atoms with van der Waals surface area (Å²) in [6.07, 6.45) is 0. The number of halogens is 3. The minimum Gasteiger partial charge on any atom is -0.434 e.